The van der Waals surface area contributed by atoms with Gasteiger partial charge in [0.25, 0.3) is 5.91 Å². The maximum absolute atomic E-state index is 11.9. The van der Waals surface area contributed by atoms with Gasteiger partial charge in [-0.3, -0.25) is 4.79 Å². The normalized spacial score (nSPS) is 10.3. The topological polar surface area (TPSA) is 29.1 Å². The Bertz CT molecular complexity index is 586. The molecule has 0 unspecified atom stereocenters. The van der Waals surface area contributed by atoms with E-state index in [1.54, 1.807) is 18.2 Å². The minimum atomic E-state index is -0.0737. The Morgan fingerprint density at radius 2 is 1.90 bits per heavy atom. The van der Waals surface area contributed by atoms with E-state index in [0.29, 0.717) is 17.1 Å². The molecule has 104 valence electrons. The molecule has 0 aromatic heterocycles. The Balaban J connectivity index is 1.79. The molecule has 0 saturated carbocycles. The number of rotatable bonds is 5. The number of hydrogen-bond donors (Lipinski definition) is 1. The summed E-state index contributed by atoms with van der Waals surface area (Å²) in [6.45, 7) is 0.661. The van der Waals surface area contributed by atoms with Crippen molar-refractivity contribution in [2.75, 3.05) is 6.54 Å². The van der Waals surface area contributed by atoms with Crippen molar-refractivity contribution in [1.29, 1.82) is 0 Å². The van der Waals surface area contributed by atoms with Crippen LogP contribution in [0, 0.1) is 0 Å². The van der Waals surface area contributed by atoms with E-state index in [2.05, 4.69) is 33.4 Å². The summed E-state index contributed by atoms with van der Waals surface area (Å²) >= 11 is 9.22. The molecule has 0 atom stereocenters. The molecule has 0 fully saturated rings. The van der Waals surface area contributed by atoms with E-state index in [9.17, 15) is 4.79 Å². The van der Waals surface area contributed by atoms with Crippen molar-refractivity contribution in [1.82, 2.24) is 5.32 Å². The van der Waals surface area contributed by atoms with Gasteiger partial charge < -0.3 is 5.32 Å². The highest BCUT2D eigenvalue weighted by Crippen LogP contribution is 2.23. The van der Waals surface area contributed by atoms with Gasteiger partial charge in [-0.1, -0.05) is 41.9 Å². The molecule has 20 heavy (non-hydrogen) atoms. The summed E-state index contributed by atoms with van der Waals surface area (Å²) in [5.74, 6) is -0.0737. The van der Waals surface area contributed by atoms with Crippen molar-refractivity contribution in [3.05, 3.63) is 69.2 Å². The highest BCUT2D eigenvalue weighted by Gasteiger charge is 2.06. The van der Waals surface area contributed by atoms with Crippen LogP contribution in [0.25, 0.3) is 0 Å². The average Bonchev–Trinajstić information content (AvgIpc) is 2.47. The first-order valence-electron chi connectivity index (χ1n) is 6.44. The number of benzene rings is 2. The molecule has 2 aromatic carbocycles. The molecule has 2 aromatic rings. The molecular weight excluding hydrogens is 338 g/mol. The van der Waals surface area contributed by atoms with E-state index in [4.69, 9.17) is 11.6 Å². The van der Waals surface area contributed by atoms with Crippen molar-refractivity contribution < 1.29 is 4.79 Å². The van der Waals surface area contributed by atoms with Crippen LogP contribution in [0.5, 0.6) is 0 Å². The van der Waals surface area contributed by atoms with Gasteiger partial charge in [0.1, 0.15) is 0 Å². The predicted molar refractivity (Wildman–Crippen MR) is 86.2 cm³/mol. The van der Waals surface area contributed by atoms with Crippen molar-refractivity contribution in [2.24, 2.45) is 0 Å². The monoisotopic (exact) mass is 351 g/mol. The van der Waals surface area contributed by atoms with Gasteiger partial charge in [0.2, 0.25) is 0 Å². The minimum absolute atomic E-state index is 0.0737. The van der Waals surface area contributed by atoms with E-state index in [0.717, 1.165) is 17.3 Å². The third-order valence-electron chi connectivity index (χ3n) is 2.95. The molecule has 0 heterocycles. The van der Waals surface area contributed by atoms with Crippen molar-refractivity contribution in [2.45, 2.75) is 12.8 Å². The third-order valence-corrected chi connectivity index (χ3v) is 4.17. The minimum Gasteiger partial charge on any atom is -0.352 e. The van der Waals surface area contributed by atoms with Gasteiger partial charge >= 0.3 is 0 Å². The molecule has 1 N–H and O–H groups in total. The maximum atomic E-state index is 11.9. The molecule has 0 aliphatic carbocycles. The fourth-order valence-corrected chi connectivity index (χ4v) is 2.37. The Morgan fingerprint density at radius 3 is 2.60 bits per heavy atom. The van der Waals surface area contributed by atoms with Crippen LogP contribution in [0.15, 0.2) is 53.0 Å². The van der Waals surface area contributed by atoms with E-state index in [1.807, 2.05) is 18.2 Å². The highest BCUT2D eigenvalue weighted by molar-refractivity contribution is 9.10. The summed E-state index contributed by atoms with van der Waals surface area (Å²) in [5, 5.41) is 3.52. The number of amides is 1. The molecule has 0 bridgehead atoms. The summed E-state index contributed by atoms with van der Waals surface area (Å²) in [4.78, 5) is 11.9. The highest BCUT2D eigenvalue weighted by atomic mass is 79.9. The summed E-state index contributed by atoms with van der Waals surface area (Å²) < 4.78 is 0.733. The molecule has 0 aliphatic rings. The smallest absolute Gasteiger partial charge is 0.251 e. The van der Waals surface area contributed by atoms with Crippen molar-refractivity contribution >= 4 is 33.4 Å². The van der Waals surface area contributed by atoms with Crippen LogP contribution in [-0.2, 0) is 6.42 Å². The van der Waals surface area contributed by atoms with Gasteiger partial charge in [-0.25, -0.2) is 0 Å². The standard InChI is InChI=1S/C16H15BrClNO/c17-14-11-13(8-9-15(14)18)16(20)19-10-4-7-12-5-2-1-3-6-12/h1-3,5-6,8-9,11H,4,7,10H2,(H,19,20). The van der Waals surface area contributed by atoms with Crippen LogP contribution in [0.1, 0.15) is 22.3 Å². The van der Waals surface area contributed by atoms with Gasteiger partial charge in [0.15, 0.2) is 0 Å². The molecule has 2 nitrogen and oxygen atoms in total. The zero-order valence-corrected chi connectivity index (χ0v) is 13.2. The fraction of sp³-hybridized carbons (Fsp3) is 0.188. The SMILES string of the molecule is O=C(NCCCc1ccccc1)c1ccc(Cl)c(Br)c1. The Labute approximate surface area is 132 Å². The Morgan fingerprint density at radius 1 is 1.15 bits per heavy atom. The van der Waals surface area contributed by atoms with E-state index >= 15 is 0 Å². The summed E-state index contributed by atoms with van der Waals surface area (Å²) in [5.41, 5.74) is 1.90. The predicted octanol–water partition coefficient (Wildman–Crippen LogP) is 4.47. The zero-order valence-electron chi connectivity index (χ0n) is 10.9. The van der Waals surface area contributed by atoms with Gasteiger partial charge in [-0.2, -0.15) is 0 Å². The lowest BCUT2D eigenvalue weighted by Crippen LogP contribution is -2.24. The molecule has 4 heteroatoms. The van der Waals surface area contributed by atoms with Crippen LogP contribution in [0.4, 0.5) is 0 Å². The van der Waals surface area contributed by atoms with Crippen LogP contribution < -0.4 is 5.32 Å². The molecular formula is C16H15BrClNO. The van der Waals surface area contributed by atoms with E-state index in [1.165, 1.54) is 5.56 Å². The lowest BCUT2D eigenvalue weighted by molar-refractivity contribution is 0.0953. The fourth-order valence-electron chi connectivity index (χ4n) is 1.88. The second-order valence-corrected chi connectivity index (χ2v) is 5.74. The lowest BCUT2D eigenvalue weighted by Gasteiger charge is -2.06. The Hall–Kier alpha value is -1.32. The van der Waals surface area contributed by atoms with Gasteiger partial charge in [0, 0.05) is 16.6 Å². The number of carbonyl (C=O) groups is 1. The summed E-state index contributed by atoms with van der Waals surface area (Å²) in [7, 11) is 0. The largest absolute Gasteiger partial charge is 0.352 e. The second-order valence-electron chi connectivity index (χ2n) is 4.47. The first kappa shape index (κ1) is 15.1. The van der Waals surface area contributed by atoms with Crippen molar-refractivity contribution in [3.63, 3.8) is 0 Å². The molecule has 0 saturated heterocycles. The Kier molecular flexibility index (Phi) is 5.62. The molecule has 0 spiro atoms. The van der Waals surface area contributed by atoms with Crippen LogP contribution in [0.2, 0.25) is 5.02 Å². The molecule has 0 radical (unpaired) electrons. The first-order valence-corrected chi connectivity index (χ1v) is 7.61. The van der Waals surface area contributed by atoms with Gasteiger partial charge in [-0.15, -0.1) is 0 Å². The van der Waals surface area contributed by atoms with E-state index in [-0.39, 0.29) is 5.91 Å². The second kappa shape index (κ2) is 7.46. The lowest BCUT2D eigenvalue weighted by atomic mass is 10.1. The van der Waals surface area contributed by atoms with Crippen LogP contribution >= 0.6 is 27.5 Å². The quantitative estimate of drug-likeness (QED) is 0.791. The first-order chi connectivity index (χ1) is 9.66. The molecule has 0 aliphatic heterocycles. The van der Waals surface area contributed by atoms with Gasteiger partial charge in [0.05, 0.1) is 5.02 Å². The number of halogens is 2. The maximum Gasteiger partial charge on any atom is 0.251 e. The molecule has 1 amide bonds. The van der Waals surface area contributed by atoms with Gasteiger partial charge in [-0.05, 0) is 52.5 Å². The summed E-state index contributed by atoms with van der Waals surface area (Å²) in [6.07, 6.45) is 1.88. The zero-order chi connectivity index (χ0) is 14.4. The third kappa shape index (κ3) is 4.36. The van der Waals surface area contributed by atoms with Crippen LogP contribution in [-0.4, -0.2) is 12.5 Å². The number of carbonyl (C=O) groups excluding carboxylic acids is 1. The average molecular weight is 353 g/mol. The van der Waals surface area contributed by atoms with Crippen LogP contribution in [0.3, 0.4) is 0 Å². The number of nitrogens with one attached hydrogen (secondary N) is 1. The number of hydrogen-bond acceptors (Lipinski definition) is 1. The molecule has 2 rings (SSSR count). The number of aryl methyl sites for hydroxylation is 1. The van der Waals surface area contributed by atoms with Crippen molar-refractivity contribution in [3.8, 4) is 0 Å². The van der Waals surface area contributed by atoms with E-state index < -0.39 is 0 Å². The summed E-state index contributed by atoms with van der Waals surface area (Å²) in [6, 6.07) is 15.4.